The highest BCUT2D eigenvalue weighted by atomic mass is 16.5. The van der Waals surface area contributed by atoms with Crippen LogP contribution in [-0.4, -0.2) is 53.6 Å². The predicted octanol–water partition coefficient (Wildman–Crippen LogP) is 0.369. The number of hydrogen-bond donors (Lipinski definition) is 2. The third-order valence-corrected chi connectivity index (χ3v) is 3.81. The number of aromatic nitrogens is 2. The van der Waals surface area contributed by atoms with Gasteiger partial charge in [0.25, 0.3) is 5.91 Å². The van der Waals surface area contributed by atoms with Crippen molar-refractivity contribution in [3.05, 3.63) is 36.4 Å². The van der Waals surface area contributed by atoms with Gasteiger partial charge in [-0.3, -0.25) is 4.79 Å². The Hall–Kier alpha value is -3.03. The lowest BCUT2D eigenvalue weighted by atomic mass is 10.3. The summed E-state index contributed by atoms with van der Waals surface area (Å²) in [6, 6.07) is 11.0. The van der Waals surface area contributed by atoms with Crippen molar-refractivity contribution in [3.8, 4) is 5.75 Å². The monoisotopic (exact) mass is 328 g/mol. The molecule has 0 radical (unpaired) electrons. The first-order valence-corrected chi connectivity index (χ1v) is 7.72. The van der Waals surface area contributed by atoms with Gasteiger partial charge in [-0.1, -0.05) is 18.2 Å². The second kappa shape index (κ2) is 7.03. The molecular weight excluding hydrogens is 308 g/mol. The summed E-state index contributed by atoms with van der Waals surface area (Å²) >= 11 is 0. The van der Waals surface area contributed by atoms with Crippen molar-refractivity contribution in [2.24, 2.45) is 0 Å². The molecule has 0 aliphatic carbocycles. The van der Waals surface area contributed by atoms with E-state index >= 15 is 0 Å². The molecule has 4 N–H and O–H groups in total. The van der Waals surface area contributed by atoms with Gasteiger partial charge in [0, 0.05) is 32.2 Å². The summed E-state index contributed by atoms with van der Waals surface area (Å²) in [6.07, 6.45) is 0. The van der Waals surface area contributed by atoms with Crippen molar-refractivity contribution in [3.63, 3.8) is 0 Å². The van der Waals surface area contributed by atoms with E-state index in [0.717, 1.165) is 0 Å². The maximum Gasteiger partial charge on any atom is 0.260 e. The van der Waals surface area contributed by atoms with Gasteiger partial charge in [-0.05, 0) is 12.1 Å². The minimum atomic E-state index is -0.0276. The lowest BCUT2D eigenvalue weighted by Gasteiger charge is -2.35. The summed E-state index contributed by atoms with van der Waals surface area (Å²) in [7, 11) is 0. The van der Waals surface area contributed by atoms with Crippen LogP contribution in [0.3, 0.4) is 0 Å². The molecule has 8 nitrogen and oxygen atoms in total. The van der Waals surface area contributed by atoms with E-state index in [1.807, 2.05) is 35.2 Å². The fourth-order valence-electron chi connectivity index (χ4n) is 2.57. The first-order valence-electron chi connectivity index (χ1n) is 7.72. The predicted molar refractivity (Wildman–Crippen MR) is 91.6 cm³/mol. The average Bonchev–Trinajstić information content (AvgIpc) is 2.60. The van der Waals surface area contributed by atoms with Crippen molar-refractivity contribution in [2.45, 2.75) is 0 Å². The van der Waals surface area contributed by atoms with Crippen molar-refractivity contribution < 1.29 is 9.53 Å². The number of ether oxygens (including phenoxy) is 1. The van der Waals surface area contributed by atoms with Crippen LogP contribution in [0.25, 0.3) is 0 Å². The molecule has 1 aliphatic heterocycles. The van der Waals surface area contributed by atoms with Crippen LogP contribution in [0.5, 0.6) is 5.75 Å². The van der Waals surface area contributed by atoms with E-state index in [1.54, 1.807) is 11.0 Å². The standard InChI is InChI=1S/C16H20N6O2/c17-13-10-14(20-16(18)19-13)21-6-8-22(9-7-21)15(23)11-24-12-4-2-1-3-5-12/h1-5,10H,6-9,11H2,(H4,17,18,19,20). The summed E-state index contributed by atoms with van der Waals surface area (Å²) in [5, 5.41) is 0. The number of amides is 1. The molecule has 0 unspecified atom stereocenters. The topological polar surface area (TPSA) is 111 Å². The Labute approximate surface area is 140 Å². The minimum Gasteiger partial charge on any atom is -0.484 e. The summed E-state index contributed by atoms with van der Waals surface area (Å²) in [5.41, 5.74) is 11.3. The van der Waals surface area contributed by atoms with E-state index in [-0.39, 0.29) is 18.5 Å². The smallest absolute Gasteiger partial charge is 0.260 e. The molecule has 126 valence electrons. The summed E-state index contributed by atoms with van der Waals surface area (Å²) in [6.45, 7) is 2.55. The van der Waals surface area contributed by atoms with Crippen molar-refractivity contribution in [1.29, 1.82) is 0 Å². The Bertz CT molecular complexity index is 681. The molecule has 3 rings (SSSR count). The largest absolute Gasteiger partial charge is 0.484 e. The highest BCUT2D eigenvalue weighted by Crippen LogP contribution is 2.17. The third-order valence-electron chi connectivity index (χ3n) is 3.81. The van der Waals surface area contributed by atoms with Crippen LogP contribution in [0.15, 0.2) is 36.4 Å². The number of hydrogen-bond acceptors (Lipinski definition) is 7. The first kappa shape index (κ1) is 15.9. The number of anilines is 3. The van der Waals surface area contributed by atoms with Crippen molar-refractivity contribution >= 4 is 23.5 Å². The number of benzene rings is 1. The fourth-order valence-corrected chi connectivity index (χ4v) is 2.57. The molecule has 1 aliphatic rings. The number of nitrogens with zero attached hydrogens (tertiary/aromatic N) is 4. The van der Waals surface area contributed by atoms with Crippen LogP contribution in [0, 0.1) is 0 Å². The van der Waals surface area contributed by atoms with E-state index in [1.165, 1.54) is 0 Å². The molecule has 0 bridgehead atoms. The van der Waals surface area contributed by atoms with E-state index in [9.17, 15) is 4.79 Å². The lowest BCUT2D eigenvalue weighted by Crippen LogP contribution is -2.50. The number of nitrogens with two attached hydrogens (primary N) is 2. The molecule has 0 spiro atoms. The summed E-state index contributed by atoms with van der Waals surface area (Å²) in [5.74, 6) is 1.84. The zero-order valence-electron chi connectivity index (χ0n) is 13.3. The number of carbonyl (C=O) groups excluding carboxylic acids is 1. The van der Waals surface area contributed by atoms with E-state index in [0.29, 0.717) is 43.6 Å². The molecule has 1 fully saturated rings. The molecule has 0 atom stereocenters. The Morgan fingerprint density at radius 3 is 2.46 bits per heavy atom. The Kier molecular flexibility index (Phi) is 4.64. The SMILES string of the molecule is Nc1cc(N2CCN(C(=O)COc3ccccc3)CC2)nc(N)n1. The van der Waals surface area contributed by atoms with E-state index in [2.05, 4.69) is 9.97 Å². The molecule has 0 saturated carbocycles. The second-order valence-corrected chi connectivity index (χ2v) is 5.48. The maximum atomic E-state index is 12.2. The van der Waals surface area contributed by atoms with Crippen LogP contribution in [0.2, 0.25) is 0 Å². The molecule has 1 amide bonds. The van der Waals surface area contributed by atoms with Crippen molar-refractivity contribution in [2.75, 3.05) is 49.2 Å². The minimum absolute atomic E-state index is 0.0276. The van der Waals surface area contributed by atoms with Gasteiger partial charge in [-0.15, -0.1) is 0 Å². The van der Waals surface area contributed by atoms with Crippen LogP contribution in [0.4, 0.5) is 17.6 Å². The van der Waals surface area contributed by atoms with E-state index < -0.39 is 0 Å². The number of carbonyl (C=O) groups is 1. The Morgan fingerprint density at radius 2 is 1.79 bits per heavy atom. The Morgan fingerprint density at radius 1 is 1.08 bits per heavy atom. The normalized spacial score (nSPS) is 14.5. The number of para-hydroxylation sites is 1. The van der Waals surface area contributed by atoms with E-state index in [4.69, 9.17) is 16.2 Å². The molecular formula is C16H20N6O2. The van der Waals surface area contributed by atoms with Gasteiger partial charge in [-0.2, -0.15) is 9.97 Å². The van der Waals surface area contributed by atoms with Gasteiger partial charge < -0.3 is 26.0 Å². The molecule has 1 saturated heterocycles. The summed E-state index contributed by atoms with van der Waals surface area (Å²) in [4.78, 5) is 24.1. The van der Waals surface area contributed by atoms with Gasteiger partial charge in [-0.25, -0.2) is 0 Å². The second-order valence-electron chi connectivity index (χ2n) is 5.48. The van der Waals surface area contributed by atoms with Gasteiger partial charge in [0.1, 0.15) is 17.4 Å². The maximum absolute atomic E-state index is 12.2. The number of nitrogen functional groups attached to an aromatic ring is 2. The van der Waals surface area contributed by atoms with Crippen LogP contribution < -0.4 is 21.1 Å². The first-order chi connectivity index (χ1) is 11.6. The molecule has 1 aromatic carbocycles. The molecule has 2 heterocycles. The molecule has 8 heteroatoms. The molecule has 2 aromatic rings. The number of piperazine rings is 1. The van der Waals surface area contributed by atoms with Gasteiger partial charge in [0.05, 0.1) is 0 Å². The van der Waals surface area contributed by atoms with Crippen molar-refractivity contribution in [1.82, 2.24) is 14.9 Å². The highest BCUT2D eigenvalue weighted by Gasteiger charge is 2.22. The zero-order chi connectivity index (χ0) is 16.9. The fraction of sp³-hybridized carbons (Fsp3) is 0.312. The summed E-state index contributed by atoms with van der Waals surface area (Å²) < 4.78 is 5.51. The third kappa shape index (κ3) is 3.83. The lowest BCUT2D eigenvalue weighted by molar-refractivity contribution is -0.133. The van der Waals surface area contributed by atoms with Gasteiger partial charge in [0.15, 0.2) is 6.61 Å². The molecule has 24 heavy (non-hydrogen) atoms. The highest BCUT2D eigenvalue weighted by molar-refractivity contribution is 5.78. The van der Waals surface area contributed by atoms with Crippen LogP contribution >= 0.6 is 0 Å². The number of rotatable bonds is 4. The zero-order valence-corrected chi connectivity index (χ0v) is 13.3. The molecule has 1 aromatic heterocycles. The van der Waals surface area contributed by atoms with Gasteiger partial charge >= 0.3 is 0 Å². The quantitative estimate of drug-likeness (QED) is 0.834. The van der Waals surface area contributed by atoms with Crippen LogP contribution in [0.1, 0.15) is 0 Å². The average molecular weight is 328 g/mol. The van der Waals surface area contributed by atoms with Gasteiger partial charge in [0.2, 0.25) is 5.95 Å². The van der Waals surface area contributed by atoms with Crippen LogP contribution in [-0.2, 0) is 4.79 Å². The Balaban J connectivity index is 1.52.